The Morgan fingerprint density at radius 1 is 1.16 bits per heavy atom. The minimum Gasteiger partial charge on any atom is -0.348 e. The number of benzene rings is 2. The number of nitrogens with zero attached hydrogens (tertiary/aromatic N) is 2. The van der Waals surface area contributed by atoms with Crippen LogP contribution < -0.4 is 5.32 Å². The SMILES string of the molecule is C[C@@H](NC(=O)[C@H](C#N)Cc1ccc(C#N)cc1)c1ccc(F)cc1F. The molecule has 0 saturated carbocycles. The van der Waals surface area contributed by atoms with Gasteiger partial charge in [0.15, 0.2) is 0 Å². The number of amides is 1. The van der Waals surface area contributed by atoms with E-state index in [9.17, 15) is 18.8 Å². The number of nitriles is 2. The summed E-state index contributed by atoms with van der Waals surface area (Å²) in [6, 6.07) is 12.9. The summed E-state index contributed by atoms with van der Waals surface area (Å²) in [6.07, 6.45) is 0.173. The highest BCUT2D eigenvalue weighted by Crippen LogP contribution is 2.19. The van der Waals surface area contributed by atoms with E-state index >= 15 is 0 Å². The lowest BCUT2D eigenvalue weighted by atomic mass is 9.98. The summed E-state index contributed by atoms with van der Waals surface area (Å²) in [6.45, 7) is 1.56. The van der Waals surface area contributed by atoms with Crippen LogP contribution in [0, 0.1) is 40.2 Å². The standard InChI is InChI=1S/C19H15F2N3O/c1-12(17-7-6-16(20)9-18(17)21)24-19(25)15(11-23)8-13-2-4-14(10-22)5-3-13/h2-7,9,12,15H,8H2,1H3,(H,24,25)/t12-,15+/m1/s1. The summed E-state index contributed by atoms with van der Waals surface area (Å²) in [5.41, 5.74) is 1.37. The van der Waals surface area contributed by atoms with Gasteiger partial charge in [-0.15, -0.1) is 0 Å². The van der Waals surface area contributed by atoms with Gasteiger partial charge in [0.05, 0.1) is 23.7 Å². The zero-order valence-corrected chi connectivity index (χ0v) is 13.5. The fraction of sp³-hybridized carbons (Fsp3) is 0.211. The third-order valence-electron chi connectivity index (χ3n) is 3.78. The number of halogens is 2. The van der Waals surface area contributed by atoms with E-state index < -0.39 is 29.5 Å². The van der Waals surface area contributed by atoms with E-state index in [0.717, 1.165) is 17.7 Å². The second-order valence-corrected chi connectivity index (χ2v) is 5.59. The van der Waals surface area contributed by atoms with Crippen molar-refractivity contribution in [3.8, 4) is 12.1 Å². The molecule has 0 radical (unpaired) electrons. The zero-order valence-electron chi connectivity index (χ0n) is 13.5. The molecule has 2 rings (SSSR count). The zero-order chi connectivity index (χ0) is 18.4. The number of hydrogen-bond acceptors (Lipinski definition) is 3. The molecule has 25 heavy (non-hydrogen) atoms. The van der Waals surface area contributed by atoms with Crippen LogP contribution in [0.2, 0.25) is 0 Å². The van der Waals surface area contributed by atoms with Gasteiger partial charge in [-0.1, -0.05) is 18.2 Å². The van der Waals surface area contributed by atoms with Crippen molar-refractivity contribution >= 4 is 5.91 Å². The van der Waals surface area contributed by atoms with Gasteiger partial charge < -0.3 is 5.32 Å². The van der Waals surface area contributed by atoms with Crippen LogP contribution in [0.25, 0.3) is 0 Å². The second kappa shape index (κ2) is 8.03. The van der Waals surface area contributed by atoms with Crippen LogP contribution in [0.5, 0.6) is 0 Å². The van der Waals surface area contributed by atoms with Crippen molar-refractivity contribution < 1.29 is 13.6 Å². The van der Waals surface area contributed by atoms with E-state index in [1.165, 1.54) is 6.07 Å². The molecule has 6 heteroatoms. The maximum Gasteiger partial charge on any atom is 0.238 e. The predicted molar refractivity (Wildman–Crippen MR) is 86.9 cm³/mol. The summed E-state index contributed by atoms with van der Waals surface area (Å²) in [7, 11) is 0. The van der Waals surface area contributed by atoms with Crippen LogP contribution in [-0.4, -0.2) is 5.91 Å². The number of hydrogen-bond donors (Lipinski definition) is 1. The quantitative estimate of drug-likeness (QED) is 0.907. The molecule has 0 spiro atoms. The van der Waals surface area contributed by atoms with E-state index in [-0.39, 0.29) is 12.0 Å². The van der Waals surface area contributed by atoms with E-state index in [1.807, 2.05) is 12.1 Å². The second-order valence-electron chi connectivity index (χ2n) is 5.59. The minimum atomic E-state index is -0.959. The van der Waals surface area contributed by atoms with Gasteiger partial charge in [-0.05, 0) is 37.1 Å². The Morgan fingerprint density at radius 2 is 1.84 bits per heavy atom. The molecular formula is C19H15F2N3O. The van der Waals surface area contributed by atoms with E-state index in [2.05, 4.69) is 5.32 Å². The van der Waals surface area contributed by atoms with Gasteiger partial charge in [0.25, 0.3) is 0 Å². The van der Waals surface area contributed by atoms with Gasteiger partial charge in [0.2, 0.25) is 5.91 Å². The molecular weight excluding hydrogens is 324 g/mol. The normalized spacial score (nSPS) is 12.5. The molecule has 0 saturated heterocycles. The lowest BCUT2D eigenvalue weighted by Crippen LogP contribution is -2.33. The maximum atomic E-state index is 13.8. The van der Waals surface area contributed by atoms with Crippen LogP contribution in [0.3, 0.4) is 0 Å². The Balaban J connectivity index is 2.06. The van der Waals surface area contributed by atoms with Gasteiger partial charge in [0, 0.05) is 11.6 Å². The fourth-order valence-corrected chi connectivity index (χ4v) is 2.39. The van der Waals surface area contributed by atoms with Crippen molar-refractivity contribution in [2.24, 2.45) is 5.92 Å². The van der Waals surface area contributed by atoms with Crippen molar-refractivity contribution in [1.82, 2.24) is 5.32 Å². The first-order valence-electron chi connectivity index (χ1n) is 7.58. The van der Waals surface area contributed by atoms with E-state index in [4.69, 9.17) is 5.26 Å². The van der Waals surface area contributed by atoms with Gasteiger partial charge in [0.1, 0.15) is 17.6 Å². The van der Waals surface area contributed by atoms with Gasteiger partial charge in [-0.25, -0.2) is 8.78 Å². The first-order valence-corrected chi connectivity index (χ1v) is 7.58. The highest BCUT2D eigenvalue weighted by atomic mass is 19.1. The molecule has 2 aromatic carbocycles. The van der Waals surface area contributed by atoms with Crippen molar-refractivity contribution in [3.63, 3.8) is 0 Å². The first-order chi connectivity index (χ1) is 11.9. The third kappa shape index (κ3) is 4.62. The monoisotopic (exact) mass is 339 g/mol. The summed E-state index contributed by atoms with van der Waals surface area (Å²) in [4.78, 5) is 12.3. The average Bonchev–Trinajstić information content (AvgIpc) is 2.59. The Bertz CT molecular complexity index is 850. The molecule has 0 aliphatic carbocycles. The van der Waals surface area contributed by atoms with E-state index in [1.54, 1.807) is 31.2 Å². The lowest BCUT2D eigenvalue weighted by molar-refractivity contribution is -0.124. The molecule has 0 bridgehead atoms. The topological polar surface area (TPSA) is 76.7 Å². The minimum absolute atomic E-state index is 0.143. The summed E-state index contributed by atoms with van der Waals surface area (Å²) in [5, 5.41) is 20.6. The molecule has 1 N–H and O–H groups in total. The largest absolute Gasteiger partial charge is 0.348 e. The predicted octanol–water partition coefficient (Wildman–Crippen LogP) is 3.40. The van der Waals surface area contributed by atoms with Gasteiger partial charge >= 0.3 is 0 Å². The molecule has 0 aromatic heterocycles. The van der Waals surface area contributed by atoms with Crippen molar-refractivity contribution in [1.29, 1.82) is 10.5 Å². The highest BCUT2D eigenvalue weighted by Gasteiger charge is 2.22. The van der Waals surface area contributed by atoms with Gasteiger partial charge in [-0.2, -0.15) is 10.5 Å². The van der Waals surface area contributed by atoms with Crippen molar-refractivity contribution in [2.45, 2.75) is 19.4 Å². The van der Waals surface area contributed by atoms with Gasteiger partial charge in [-0.3, -0.25) is 4.79 Å². The number of nitrogens with one attached hydrogen (secondary N) is 1. The molecule has 1 amide bonds. The fourth-order valence-electron chi connectivity index (χ4n) is 2.39. The molecule has 0 aliphatic heterocycles. The average molecular weight is 339 g/mol. The summed E-state index contributed by atoms with van der Waals surface area (Å²) in [5.74, 6) is -2.95. The number of rotatable bonds is 5. The molecule has 2 atom stereocenters. The molecule has 0 fully saturated rings. The molecule has 0 aliphatic rings. The van der Waals surface area contributed by atoms with Crippen LogP contribution in [0.4, 0.5) is 8.78 Å². The van der Waals surface area contributed by atoms with Crippen molar-refractivity contribution in [3.05, 3.63) is 70.8 Å². The molecule has 0 heterocycles. The highest BCUT2D eigenvalue weighted by molar-refractivity contribution is 5.81. The Morgan fingerprint density at radius 3 is 2.40 bits per heavy atom. The van der Waals surface area contributed by atoms with Crippen LogP contribution >= 0.6 is 0 Å². The summed E-state index contributed by atoms with van der Waals surface area (Å²) < 4.78 is 26.7. The first kappa shape index (κ1) is 18.1. The Labute approximate surface area is 144 Å². The van der Waals surface area contributed by atoms with E-state index in [0.29, 0.717) is 5.56 Å². The molecule has 2 aromatic rings. The maximum absolute atomic E-state index is 13.8. The van der Waals surface area contributed by atoms with Crippen LogP contribution in [0.1, 0.15) is 29.7 Å². The molecule has 0 unspecified atom stereocenters. The molecule has 4 nitrogen and oxygen atoms in total. The lowest BCUT2D eigenvalue weighted by Gasteiger charge is -2.17. The molecule has 126 valence electrons. The smallest absolute Gasteiger partial charge is 0.238 e. The number of carbonyl (C=O) groups is 1. The third-order valence-corrected chi connectivity index (χ3v) is 3.78. The van der Waals surface area contributed by atoms with Crippen molar-refractivity contribution in [2.75, 3.05) is 0 Å². The summed E-state index contributed by atoms with van der Waals surface area (Å²) >= 11 is 0. The van der Waals surface area contributed by atoms with Crippen LogP contribution in [-0.2, 0) is 11.2 Å². The number of carbonyl (C=O) groups excluding carboxylic acids is 1. The Kier molecular flexibility index (Phi) is 5.81. The Hall–Kier alpha value is -3.25. The van der Waals surface area contributed by atoms with Crippen LogP contribution in [0.15, 0.2) is 42.5 Å².